The molecule has 0 fully saturated rings. The first-order chi connectivity index (χ1) is 7.74. The van der Waals surface area contributed by atoms with Gasteiger partial charge in [-0.2, -0.15) is 4.89 Å². The van der Waals surface area contributed by atoms with E-state index in [2.05, 4.69) is 0 Å². The summed E-state index contributed by atoms with van der Waals surface area (Å²) in [6.07, 6.45) is 1.46. The number of hydrogen-bond acceptors (Lipinski definition) is 3. The number of ether oxygens (including phenoxy) is 1. The zero-order valence-electron chi connectivity index (χ0n) is 9.97. The van der Waals surface area contributed by atoms with E-state index in [0.29, 0.717) is 6.61 Å². The fraction of sp³-hybridized carbons (Fsp3) is 0.385. The van der Waals surface area contributed by atoms with Crippen LogP contribution in [0.4, 0.5) is 0 Å². The zero-order chi connectivity index (χ0) is 11.8. The molecule has 1 aromatic carbocycles. The van der Waals surface area contributed by atoms with Crippen LogP contribution in [0.3, 0.4) is 0 Å². The maximum Gasteiger partial charge on any atom is 0.217 e. The van der Waals surface area contributed by atoms with Crippen molar-refractivity contribution < 1.29 is 14.5 Å². The number of hydrogen-bond donors (Lipinski definition) is 0. The minimum atomic E-state index is -0.480. The summed E-state index contributed by atoms with van der Waals surface area (Å²) in [7, 11) is 1.59. The first-order valence-corrected chi connectivity index (χ1v) is 5.23. The van der Waals surface area contributed by atoms with Gasteiger partial charge in [0.05, 0.1) is 0 Å². The second-order valence-electron chi connectivity index (χ2n) is 3.64. The summed E-state index contributed by atoms with van der Waals surface area (Å²) < 4.78 is 5.18. The van der Waals surface area contributed by atoms with Gasteiger partial charge in [0, 0.05) is 12.7 Å². The topological polar surface area (TPSA) is 27.7 Å². The van der Waals surface area contributed by atoms with Gasteiger partial charge in [-0.1, -0.05) is 42.0 Å². The van der Waals surface area contributed by atoms with Crippen LogP contribution in [0.25, 0.3) is 0 Å². The lowest BCUT2D eigenvalue weighted by Crippen LogP contribution is -2.07. The van der Waals surface area contributed by atoms with Crippen molar-refractivity contribution in [3.8, 4) is 0 Å². The van der Waals surface area contributed by atoms with Crippen LogP contribution in [0.2, 0.25) is 0 Å². The molecule has 0 saturated heterocycles. The van der Waals surface area contributed by atoms with Crippen LogP contribution in [0.1, 0.15) is 25.7 Å². The van der Waals surface area contributed by atoms with Crippen LogP contribution < -0.4 is 0 Å². The first-order valence-electron chi connectivity index (χ1n) is 5.23. The van der Waals surface area contributed by atoms with E-state index in [-0.39, 0.29) is 0 Å². The van der Waals surface area contributed by atoms with Crippen LogP contribution in [0.15, 0.2) is 42.0 Å². The summed E-state index contributed by atoms with van der Waals surface area (Å²) in [4.78, 5) is 10.2. The van der Waals surface area contributed by atoms with Crippen molar-refractivity contribution in [2.45, 2.75) is 20.1 Å². The zero-order valence-corrected chi connectivity index (χ0v) is 9.97. The Kier molecular flexibility index (Phi) is 5.78. The third kappa shape index (κ3) is 4.57. The maximum atomic E-state index is 5.18. The minimum Gasteiger partial charge on any atom is -0.349 e. The fourth-order valence-corrected chi connectivity index (χ4v) is 1.14. The van der Waals surface area contributed by atoms with Crippen molar-refractivity contribution >= 4 is 0 Å². The molecule has 88 valence electrons. The standard InChI is InChI=1S/C13H18O3/c1-11(2)9-10-15-16-13(14-3)12-7-5-4-6-8-12/h4-9,13H,10H2,1-3H3. The van der Waals surface area contributed by atoms with Gasteiger partial charge >= 0.3 is 0 Å². The molecule has 1 unspecified atom stereocenters. The van der Waals surface area contributed by atoms with E-state index in [1.165, 1.54) is 5.57 Å². The van der Waals surface area contributed by atoms with Gasteiger partial charge in [0.25, 0.3) is 0 Å². The van der Waals surface area contributed by atoms with Gasteiger partial charge in [-0.25, -0.2) is 4.89 Å². The molecule has 0 bridgehead atoms. The van der Waals surface area contributed by atoms with Crippen molar-refractivity contribution in [1.82, 2.24) is 0 Å². The van der Waals surface area contributed by atoms with E-state index < -0.39 is 6.29 Å². The Bertz CT molecular complexity index is 315. The molecule has 3 heteroatoms. The molecular weight excluding hydrogens is 204 g/mol. The molecule has 0 aliphatic carbocycles. The smallest absolute Gasteiger partial charge is 0.217 e. The van der Waals surface area contributed by atoms with Crippen molar-refractivity contribution in [2.75, 3.05) is 13.7 Å². The Morgan fingerprint density at radius 2 is 1.94 bits per heavy atom. The molecule has 0 aliphatic heterocycles. The van der Waals surface area contributed by atoms with E-state index >= 15 is 0 Å². The summed E-state index contributed by atoms with van der Waals surface area (Å²) >= 11 is 0. The fourth-order valence-electron chi connectivity index (χ4n) is 1.14. The molecule has 16 heavy (non-hydrogen) atoms. The van der Waals surface area contributed by atoms with Crippen LogP contribution in [-0.2, 0) is 14.5 Å². The second-order valence-corrected chi connectivity index (χ2v) is 3.64. The van der Waals surface area contributed by atoms with E-state index in [1.807, 2.05) is 50.3 Å². The highest BCUT2D eigenvalue weighted by atomic mass is 17.2. The van der Waals surface area contributed by atoms with Crippen molar-refractivity contribution in [3.05, 3.63) is 47.5 Å². The summed E-state index contributed by atoms with van der Waals surface area (Å²) in [6, 6.07) is 9.67. The highest BCUT2D eigenvalue weighted by Crippen LogP contribution is 2.17. The third-order valence-electron chi connectivity index (χ3n) is 2.00. The quantitative estimate of drug-likeness (QED) is 0.243. The molecule has 0 aliphatic rings. The van der Waals surface area contributed by atoms with Crippen LogP contribution >= 0.6 is 0 Å². The van der Waals surface area contributed by atoms with Crippen molar-refractivity contribution in [3.63, 3.8) is 0 Å². The Morgan fingerprint density at radius 1 is 1.25 bits per heavy atom. The first kappa shape index (κ1) is 12.9. The molecule has 1 atom stereocenters. The second kappa shape index (κ2) is 7.17. The number of benzene rings is 1. The van der Waals surface area contributed by atoms with E-state index in [4.69, 9.17) is 14.5 Å². The summed E-state index contributed by atoms with van der Waals surface area (Å²) in [5.74, 6) is 0. The summed E-state index contributed by atoms with van der Waals surface area (Å²) in [6.45, 7) is 4.44. The Balaban J connectivity index is 2.41. The summed E-state index contributed by atoms with van der Waals surface area (Å²) in [5, 5.41) is 0. The highest BCUT2D eigenvalue weighted by molar-refractivity contribution is 5.15. The Morgan fingerprint density at radius 3 is 2.50 bits per heavy atom. The summed E-state index contributed by atoms with van der Waals surface area (Å²) in [5.41, 5.74) is 2.12. The Hall–Kier alpha value is -1.16. The monoisotopic (exact) mass is 222 g/mol. The lowest BCUT2D eigenvalue weighted by atomic mass is 10.2. The molecule has 0 N–H and O–H groups in total. The average molecular weight is 222 g/mol. The van der Waals surface area contributed by atoms with Crippen LogP contribution in [0, 0.1) is 0 Å². The Labute approximate surface area is 96.6 Å². The highest BCUT2D eigenvalue weighted by Gasteiger charge is 2.10. The number of rotatable bonds is 6. The normalized spacial score (nSPS) is 12.2. The molecule has 1 aromatic rings. The molecule has 0 radical (unpaired) electrons. The number of allylic oxidation sites excluding steroid dienone is 1. The van der Waals surface area contributed by atoms with Gasteiger partial charge < -0.3 is 4.74 Å². The van der Waals surface area contributed by atoms with Crippen LogP contribution in [-0.4, -0.2) is 13.7 Å². The van der Waals surface area contributed by atoms with E-state index in [0.717, 1.165) is 5.56 Å². The van der Waals surface area contributed by atoms with Gasteiger partial charge in [0.1, 0.15) is 6.61 Å². The largest absolute Gasteiger partial charge is 0.349 e. The molecular formula is C13H18O3. The molecule has 0 aromatic heterocycles. The van der Waals surface area contributed by atoms with Gasteiger partial charge in [0.15, 0.2) is 0 Å². The van der Waals surface area contributed by atoms with Gasteiger partial charge in [-0.3, -0.25) is 0 Å². The van der Waals surface area contributed by atoms with Crippen LogP contribution in [0.5, 0.6) is 0 Å². The molecule has 0 amide bonds. The SMILES string of the molecule is COC(OOCC=C(C)C)c1ccccc1. The minimum absolute atomic E-state index is 0.426. The van der Waals surface area contributed by atoms with Crippen molar-refractivity contribution in [2.24, 2.45) is 0 Å². The van der Waals surface area contributed by atoms with E-state index in [1.54, 1.807) is 7.11 Å². The lowest BCUT2D eigenvalue weighted by Gasteiger charge is -2.14. The predicted octanol–water partition coefficient (Wildman–Crippen LogP) is 3.25. The molecule has 0 spiro atoms. The molecule has 3 nitrogen and oxygen atoms in total. The molecule has 0 heterocycles. The third-order valence-corrected chi connectivity index (χ3v) is 2.00. The predicted molar refractivity (Wildman–Crippen MR) is 62.7 cm³/mol. The molecule has 1 rings (SSSR count). The lowest BCUT2D eigenvalue weighted by molar-refractivity contribution is -0.373. The van der Waals surface area contributed by atoms with Gasteiger partial charge in [-0.15, -0.1) is 0 Å². The van der Waals surface area contributed by atoms with Gasteiger partial charge in [0.2, 0.25) is 6.29 Å². The van der Waals surface area contributed by atoms with E-state index in [9.17, 15) is 0 Å². The molecule has 0 saturated carbocycles. The average Bonchev–Trinajstić information content (AvgIpc) is 2.30. The number of methoxy groups -OCH3 is 1. The van der Waals surface area contributed by atoms with Gasteiger partial charge in [-0.05, 0) is 13.8 Å². The maximum absolute atomic E-state index is 5.18. The van der Waals surface area contributed by atoms with Crippen molar-refractivity contribution in [1.29, 1.82) is 0 Å².